The zero-order valence-electron chi connectivity index (χ0n) is 10.1. The van der Waals surface area contributed by atoms with Gasteiger partial charge >= 0.3 is 0 Å². The van der Waals surface area contributed by atoms with E-state index in [1.165, 1.54) is 5.56 Å². The Morgan fingerprint density at radius 2 is 1.61 bits per heavy atom. The van der Waals surface area contributed by atoms with Crippen LogP contribution in [0.1, 0.15) is 22.3 Å². The summed E-state index contributed by atoms with van der Waals surface area (Å²) >= 11 is 0. The van der Waals surface area contributed by atoms with Crippen molar-refractivity contribution >= 4 is 5.69 Å². The molecule has 2 aromatic rings. The monoisotopic (exact) mass is 232 g/mol. The smallest absolute Gasteiger partial charge is 0.0992 e. The standard InChI is InChI=1S/C16H12N2/c1-12-2-4-13(5-3-12)6-8-15-10-14(11-17)7-9-16(15)18/h2-5,7,9-10H,18H2,1H3. The number of nitrogens with two attached hydrogens (primary N) is 1. The van der Waals surface area contributed by atoms with Crippen LogP contribution in [-0.2, 0) is 0 Å². The molecule has 0 amide bonds. The van der Waals surface area contributed by atoms with E-state index in [1.807, 2.05) is 31.2 Å². The third-order valence-electron chi connectivity index (χ3n) is 2.58. The highest BCUT2D eigenvalue weighted by Crippen LogP contribution is 2.12. The van der Waals surface area contributed by atoms with E-state index in [2.05, 4.69) is 17.9 Å². The molecule has 0 fully saturated rings. The fraction of sp³-hybridized carbons (Fsp3) is 0.0625. The van der Waals surface area contributed by atoms with Crippen LogP contribution >= 0.6 is 0 Å². The van der Waals surface area contributed by atoms with Crippen LogP contribution in [0.2, 0.25) is 0 Å². The highest BCUT2D eigenvalue weighted by molar-refractivity contribution is 5.60. The van der Waals surface area contributed by atoms with Gasteiger partial charge in [-0.3, -0.25) is 0 Å². The third kappa shape index (κ3) is 2.70. The van der Waals surface area contributed by atoms with Gasteiger partial charge in [0, 0.05) is 16.8 Å². The van der Waals surface area contributed by atoms with Crippen molar-refractivity contribution in [3.05, 3.63) is 64.7 Å². The summed E-state index contributed by atoms with van der Waals surface area (Å²) in [7, 11) is 0. The van der Waals surface area contributed by atoms with Gasteiger partial charge in [0.05, 0.1) is 11.6 Å². The first-order chi connectivity index (χ1) is 8.69. The molecule has 2 rings (SSSR count). The van der Waals surface area contributed by atoms with Crippen molar-refractivity contribution < 1.29 is 0 Å². The van der Waals surface area contributed by atoms with Crippen LogP contribution in [0, 0.1) is 30.1 Å². The van der Waals surface area contributed by atoms with E-state index in [9.17, 15) is 0 Å². The minimum atomic E-state index is 0.567. The van der Waals surface area contributed by atoms with Crippen molar-refractivity contribution in [3.63, 3.8) is 0 Å². The second kappa shape index (κ2) is 5.08. The summed E-state index contributed by atoms with van der Waals surface area (Å²) in [5.74, 6) is 6.04. The molecule has 18 heavy (non-hydrogen) atoms. The van der Waals surface area contributed by atoms with Crippen molar-refractivity contribution in [3.8, 4) is 17.9 Å². The SMILES string of the molecule is Cc1ccc(C#Cc2cc(C#N)ccc2N)cc1. The van der Waals surface area contributed by atoms with E-state index in [-0.39, 0.29) is 0 Å². The lowest BCUT2D eigenvalue weighted by Gasteiger charge is -1.98. The first-order valence-corrected chi connectivity index (χ1v) is 5.57. The number of aryl methyl sites for hydroxylation is 1. The fourth-order valence-corrected chi connectivity index (χ4v) is 1.51. The van der Waals surface area contributed by atoms with Crippen LogP contribution in [-0.4, -0.2) is 0 Å². The van der Waals surface area contributed by atoms with Gasteiger partial charge in [0.25, 0.3) is 0 Å². The summed E-state index contributed by atoms with van der Waals surface area (Å²) in [6, 6.07) is 15.1. The number of benzene rings is 2. The Balaban J connectivity index is 2.35. The van der Waals surface area contributed by atoms with E-state index < -0.39 is 0 Å². The molecule has 0 aromatic heterocycles. The number of hydrogen-bond donors (Lipinski definition) is 1. The minimum absolute atomic E-state index is 0.567. The number of rotatable bonds is 0. The topological polar surface area (TPSA) is 49.8 Å². The molecule has 0 saturated heterocycles. The molecule has 0 bridgehead atoms. The second-order valence-electron chi connectivity index (χ2n) is 4.03. The molecular weight excluding hydrogens is 220 g/mol. The van der Waals surface area contributed by atoms with Gasteiger partial charge in [0.1, 0.15) is 0 Å². The number of hydrogen-bond acceptors (Lipinski definition) is 2. The number of nitrogen functional groups attached to an aromatic ring is 1. The predicted molar refractivity (Wildman–Crippen MR) is 72.7 cm³/mol. The molecule has 2 nitrogen and oxygen atoms in total. The molecular formula is C16H12N2. The molecule has 0 aliphatic heterocycles. The maximum absolute atomic E-state index is 8.83. The highest BCUT2D eigenvalue weighted by atomic mass is 14.5. The minimum Gasteiger partial charge on any atom is -0.398 e. The quantitative estimate of drug-likeness (QED) is 0.561. The maximum Gasteiger partial charge on any atom is 0.0992 e. The van der Waals surface area contributed by atoms with Gasteiger partial charge in [-0.2, -0.15) is 5.26 Å². The van der Waals surface area contributed by atoms with Crippen molar-refractivity contribution in [2.75, 3.05) is 5.73 Å². The molecule has 2 heteroatoms. The van der Waals surface area contributed by atoms with Crippen molar-refractivity contribution in [2.45, 2.75) is 6.92 Å². The lowest BCUT2D eigenvalue weighted by Crippen LogP contribution is -1.90. The van der Waals surface area contributed by atoms with E-state index in [0.717, 1.165) is 5.56 Å². The Kier molecular flexibility index (Phi) is 3.32. The van der Waals surface area contributed by atoms with Crippen LogP contribution in [0.4, 0.5) is 5.69 Å². The lowest BCUT2D eigenvalue weighted by molar-refractivity contribution is 1.46. The average Bonchev–Trinajstić information content (AvgIpc) is 2.40. The van der Waals surface area contributed by atoms with Crippen LogP contribution in [0.25, 0.3) is 0 Å². The molecule has 0 spiro atoms. The summed E-state index contributed by atoms with van der Waals surface area (Å²) in [5, 5.41) is 8.83. The Labute approximate surface area is 107 Å². The Morgan fingerprint density at radius 1 is 0.944 bits per heavy atom. The van der Waals surface area contributed by atoms with Crippen LogP contribution in [0.3, 0.4) is 0 Å². The largest absolute Gasteiger partial charge is 0.398 e. The maximum atomic E-state index is 8.83. The summed E-state index contributed by atoms with van der Waals surface area (Å²) < 4.78 is 0. The summed E-state index contributed by atoms with van der Waals surface area (Å²) in [5.41, 5.74) is 9.80. The average molecular weight is 232 g/mol. The van der Waals surface area contributed by atoms with Gasteiger partial charge in [-0.25, -0.2) is 0 Å². The molecule has 0 atom stereocenters. The van der Waals surface area contributed by atoms with Crippen molar-refractivity contribution in [1.29, 1.82) is 5.26 Å². The van der Waals surface area contributed by atoms with Gasteiger partial charge in [-0.05, 0) is 37.3 Å². The van der Waals surface area contributed by atoms with Gasteiger partial charge in [-0.1, -0.05) is 29.5 Å². The van der Waals surface area contributed by atoms with E-state index >= 15 is 0 Å². The lowest BCUT2D eigenvalue weighted by atomic mass is 10.1. The molecule has 0 heterocycles. The number of nitrogens with zero attached hydrogens (tertiary/aromatic N) is 1. The highest BCUT2D eigenvalue weighted by Gasteiger charge is 1.97. The molecule has 0 aliphatic carbocycles. The van der Waals surface area contributed by atoms with Gasteiger partial charge in [-0.15, -0.1) is 0 Å². The zero-order chi connectivity index (χ0) is 13.0. The van der Waals surface area contributed by atoms with E-state index in [4.69, 9.17) is 11.0 Å². The Hall–Kier alpha value is -2.71. The van der Waals surface area contributed by atoms with Crippen LogP contribution in [0.5, 0.6) is 0 Å². The molecule has 0 radical (unpaired) electrons. The first kappa shape index (κ1) is 11.8. The molecule has 86 valence electrons. The van der Waals surface area contributed by atoms with E-state index in [0.29, 0.717) is 16.8 Å². The van der Waals surface area contributed by atoms with Crippen LogP contribution < -0.4 is 5.73 Å². The number of anilines is 1. The molecule has 0 unspecified atom stereocenters. The van der Waals surface area contributed by atoms with E-state index in [1.54, 1.807) is 18.2 Å². The zero-order valence-corrected chi connectivity index (χ0v) is 10.1. The first-order valence-electron chi connectivity index (χ1n) is 5.57. The summed E-state index contributed by atoms with van der Waals surface area (Å²) in [6.45, 7) is 2.03. The second-order valence-corrected chi connectivity index (χ2v) is 4.03. The van der Waals surface area contributed by atoms with Crippen molar-refractivity contribution in [1.82, 2.24) is 0 Å². The third-order valence-corrected chi connectivity index (χ3v) is 2.58. The Morgan fingerprint density at radius 3 is 2.28 bits per heavy atom. The number of nitriles is 1. The molecule has 2 aromatic carbocycles. The van der Waals surface area contributed by atoms with Crippen LogP contribution in [0.15, 0.2) is 42.5 Å². The van der Waals surface area contributed by atoms with Gasteiger partial charge in [0.15, 0.2) is 0 Å². The molecule has 2 N–H and O–H groups in total. The molecule has 0 aliphatic rings. The predicted octanol–water partition coefficient (Wildman–Crippen LogP) is 2.85. The normalized spacial score (nSPS) is 9.11. The fourth-order valence-electron chi connectivity index (χ4n) is 1.51. The molecule has 0 saturated carbocycles. The Bertz CT molecular complexity index is 665. The van der Waals surface area contributed by atoms with Crippen molar-refractivity contribution in [2.24, 2.45) is 0 Å². The van der Waals surface area contributed by atoms with Gasteiger partial charge in [0.2, 0.25) is 0 Å². The van der Waals surface area contributed by atoms with Gasteiger partial charge < -0.3 is 5.73 Å². The summed E-state index contributed by atoms with van der Waals surface area (Å²) in [6.07, 6.45) is 0. The summed E-state index contributed by atoms with van der Waals surface area (Å²) in [4.78, 5) is 0.